The van der Waals surface area contributed by atoms with Crippen molar-refractivity contribution in [3.05, 3.63) is 29.8 Å². The normalized spacial score (nSPS) is 22.0. The minimum atomic E-state index is -0.0271. The molecular formula is C15H21N3O. The van der Waals surface area contributed by atoms with Gasteiger partial charge in [-0.1, -0.05) is 12.1 Å². The number of nitrogens with one attached hydrogen (secondary N) is 1. The number of aliphatic hydroxyl groups excluding tert-OH is 1. The Kier molecular flexibility index (Phi) is 4.08. The van der Waals surface area contributed by atoms with E-state index in [2.05, 4.69) is 30.1 Å². The topological polar surface area (TPSA) is 59.3 Å². The van der Waals surface area contributed by atoms with E-state index in [-0.39, 0.29) is 18.2 Å². The predicted octanol–water partition coefficient (Wildman–Crippen LogP) is 1.50. The summed E-state index contributed by atoms with van der Waals surface area (Å²) in [7, 11) is 0. The Balaban J connectivity index is 2.26. The summed E-state index contributed by atoms with van der Waals surface area (Å²) in [5.74, 6) is 0. The van der Waals surface area contributed by atoms with Crippen LogP contribution >= 0.6 is 0 Å². The van der Waals surface area contributed by atoms with Crippen LogP contribution < -0.4 is 10.2 Å². The van der Waals surface area contributed by atoms with Crippen molar-refractivity contribution < 1.29 is 5.11 Å². The molecule has 1 heterocycles. The van der Waals surface area contributed by atoms with E-state index in [1.165, 1.54) is 0 Å². The van der Waals surface area contributed by atoms with Crippen LogP contribution in [-0.4, -0.2) is 36.4 Å². The van der Waals surface area contributed by atoms with Crippen LogP contribution in [0, 0.1) is 11.3 Å². The zero-order valence-corrected chi connectivity index (χ0v) is 11.6. The summed E-state index contributed by atoms with van der Waals surface area (Å²) in [5.41, 5.74) is 1.67. The number of benzene rings is 1. The Morgan fingerprint density at radius 3 is 2.89 bits per heavy atom. The lowest BCUT2D eigenvalue weighted by Gasteiger charge is -2.45. The molecule has 1 atom stereocenters. The van der Waals surface area contributed by atoms with Gasteiger partial charge in [-0.15, -0.1) is 0 Å². The standard InChI is InChI=1S/C15H21N3O/c1-15(2)11-18(10-13(17-15)7-8-19)14-6-4-3-5-12(14)9-16/h3-6,13,17,19H,7-8,10-11H2,1-2H3. The Bertz CT molecular complexity index is 479. The molecule has 102 valence electrons. The summed E-state index contributed by atoms with van der Waals surface area (Å²) in [6.07, 6.45) is 0.731. The number of aliphatic hydroxyl groups is 1. The first-order chi connectivity index (χ1) is 9.05. The lowest BCUT2D eigenvalue weighted by molar-refractivity contribution is 0.224. The molecule has 0 bridgehead atoms. The van der Waals surface area contributed by atoms with Crippen LogP contribution in [0.5, 0.6) is 0 Å². The van der Waals surface area contributed by atoms with Crippen molar-refractivity contribution in [3.63, 3.8) is 0 Å². The summed E-state index contributed by atoms with van der Waals surface area (Å²) in [6, 6.07) is 10.2. The van der Waals surface area contributed by atoms with Gasteiger partial charge in [-0.3, -0.25) is 0 Å². The first-order valence-electron chi connectivity index (χ1n) is 6.68. The van der Waals surface area contributed by atoms with Gasteiger partial charge in [-0.2, -0.15) is 5.26 Å². The minimum absolute atomic E-state index is 0.0271. The van der Waals surface area contributed by atoms with E-state index in [1.54, 1.807) is 0 Å². The summed E-state index contributed by atoms with van der Waals surface area (Å²) in [5, 5.41) is 21.9. The SMILES string of the molecule is CC1(C)CN(c2ccccc2C#N)CC(CCO)N1. The Hall–Kier alpha value is -1.57. The molecule has 1 fully saturated rings. The lowest BCUT2D eigenvalue weighted by Crippen LogP contribution is -2.62. The summed E-state index contributed by atoms with van der Waals surface area (Å²) >= 11 is 0. The number of hydrogen-bond acceptors (Lipinski definition) is 4. The second-order valence-electron chi connectivity index (χ2n) is 5.75. The van der Waals surface area contributed by atoms with Crippen LogP contribution in [-0.2, 0) is 0 Å². The molecule has 1 aliphatic heterocycles. The van der Waals surface area contributed by atoms with Gasteiger partial charge in [0.15, 0.2) is 0 Å². The minimum Gasteiger partial charge on any atom is -0.396 e. The van der Waals surface area contributed by atoms with Gasteiger partial charge in [0.25, 0.3) is 0 Å². The third kappa shape index (κ3) is 3.25. The number of nitrogens with zero attached hydrogens (tertiary/aromatic N) is 2. The first-order valence-corrected chi connectivity index (χ1v) is 6.68. The molecule has 1 aromatic carbocycles. The number of rotatable bonds is 3. The molecule has 19 heavy (non-hydrogen) atoms. The fourth-order valence-electron chi connectivity index (χ4n) is 2.80. The average Bonchev–Trinajstić information content (AvgIpc) is 2.37. The van der Waals surface area contributed by atoms with Crippen LogP contribution in [0.15, 0.2) is 24.3 Å². The van der Waals surface area contributed by atoms with Crippen molar-refractivity contribution in [2.24, 2.45) is 0 Å². The van der Waals surface area contributed by atoms with Gasteiger partial charge in [0.2, 0.25) is 0 Å². The molecule has 1 saturated heterocycles. The Morgan fingerprint density at radius 1 is 1.47 bits per heavy atom. The highest BCUT2D eigenvalue weighted by atomic mass is 16.3. The molecule has 0 amide bonds. The maximum atomic E-state index is 9.22. The predicted molar refractivity (Wildman–Crippen MR) is 76.1 cm³/mol. The maximum Gasteiger partial charge on any atom is 0.101 e. The van der Waals surface area contributed by atoms with Gasteiger partial charge in [0, 0.05) is 31.3 Å². The van der Waals surface area contributed by atoms with Gasteiger partial charge in [-0.05, 0) is 32.4 Å². The fraction of sp³-hybridized carbons (Fsp3) is 0.533. The van der Waals surface area contributed by atoms with Crippen molar-refractivity contribution in [1.29, 1.82) is 5.26 Å². The highest BCUT2D eigenvalue weighted by Crippen LogP contribution is 2.25. The van der Waals surface area contributed by atoms with Gasteiger partial charge < -0.3 is 15.3 Å². The summed E-state index contributed by atoms with van der Waals surface area (Å²) in [6.45, 7) is 6.16. The number of hydrogen-bond donors (Lipinski definition) is 2. The zero-order chi connectivity index (χ0) is 13.9. The highest BCUT2D eigenvalue weighted by molar-refractivity contribution is 5.59. The molecule has 0 spiro atoms. The van der Waals surface area contributed by atoms with Crippen molar-refractivity contribution >= 4 is 5.69 Å². The van der Waals surface area contributed by atoms with Crippen LogP contribution in [0.3, 0.4) is 0 Å². The number of nitriles is 1. The zero-order valence-electron chi connectivity index (χ0n) is 11.6. The van der Waals surface area contributed by atoms with E-state index in [1.807, 2.05) is 24.3 Å². The van der Waals surface area contributed by atoms with E-state index < -0.39 is 0 Å². The average molecular weight is 259 g/mol. The third-order valence-electron chi connectivity index (χ3n) is 3.46. The van der Waals surface area contributed by atoms with E-state index in [0.717, 1.165) is 25.2 Å². The van der Waals surface area contributed by atoms with E-state index in [9.17, 15) is 5.26 Å². The molecule has 1 unspecified atom stereocenters. The van der Waals surface area contributed by atoms with Gasteiger partial charge in [0.05, 0.1) is 11.3 Å². The molecule has 4 nitrogen and oxygen atoms in total. The Labute approximate surface area is 114 Å². The van der Waals surface area contributed by atoms with E-state index in [4.69, 9.17) is 5.11 Å². The number of para-hydroxylation sites is 1. The summed E-state index contributed by atoms with van der Waals surface area (Å²) in [4.78, 5) is 2.25. The maximum absolute atomic E-state index is 9.22. The Morgan fingerprint density at radius 2 is 2.21 bits per heavy atom. The molecule has 0 radical (unpaired) electrons. The third-order valence-corrected chi connectivity index (χ3v) is 3.46. The molecule has 0 aromatic heterocycles. The van der Waals surface area contributed by atoms with Crippen LogP contribution in [0.4, 0.5) is 5.69 Å². The summed E-state index contributed by atoms with van der Waals surface area (Å²) < 4.78 is 0. The first kappa shape index (κ1) is 13.9. The van der Waals surface area contributed by atoms with Crippen LogP contribution in [0.2, 0.25) is 0 Å². The largest absolute Gasteiger partial charge is 0.396 e. The van der Waals surface area contributed by atoms with Crippen LogP contribution in [0.1, 0.15) is 25.8 Å². The molecule has 2 rings (SSSR count). The monoisotopic (exact) mass is 259 g/mol. The van der Waals surface area contributed by atoms with E-state index >= 15 is 0 Å². The molecule has 1 aromatic rings. The highest BCUT2D eigenvalue weighted by Gasteiger charge is 2.32. The van der Waals surface area contributed by atoms with E-state index in [0.29, 0.717) is 5.56 Å². The molecular weight excluding hydrogens is 238 g/mol. The molecule has 2 N–H and O–H groups in total. The lowest BCUT2D eigenvalue weighted by atomic mass is 9.96. The van der Waals surface area contributed by atoms with Gasteiger partial charge in [0.1, 0.15) is 6.07 Å². The second kappa shape index (κ2) is 5.60. The quantitative estimate of drug-likeness (QED) is 0.863. The molecule has 1 aliphatic rings. The number of anilines is 1. The smallest absolute Gasteiger partial charge is 0.101 e. The van der Waals surface area contributed by atoms with Crippen LogP contribution in [0.25, 0.3) is 0 Å². The number of piperazine rings is 1. The van der Waals surface area contributed by atoms with Gasteiger partial charge in [-0.25, -0.2) is 0 Å². The molecule has 4 heteroatoms. The van der Waals surface area contributed by atoms with Crippen molar-refractivity contribution in [2.75, 3.05) is 24.6 Å². The van der Waals surface area contributed by atoms with Gasteiger partial charge >= 0.3 is 0 Å². The van der Waals surface area contributed by atoms with Crippen molar-refractivity contribution in [3.8, 4) is 6.07 Å². The second-order valence-corrected chi connectivity index (χ2v) is 5.75. The van der Waals surface area contributed by atoms with Crippen molar-refractivity contribution in [1.82, 2.24) is 5.32 Å². The molecule has 0 aliphatic carbocycles. The molecule has 0 saturated carbocycles. The fourth-order valence-corrected chi connectivity index (χ4v) is 2.80. The van der Waals surface area contributed by atoms with Crippen molar-refractivity contribution in [2.45, 2.75) is 31.8 Å².